The largest absolute Gasteiger partial charge is 0.352 e. The summed E-state index contributed by atoms with van der Waals surface area (Å²) in [5.41, 5.74) is 6.44. The summed E-state index contributed by atoms with van der Waals surface area (Å²) >= 11 is 0. The number of carbonyl (C=O) groups excluding carboxylic acids is 3. The Morgan fingerprint density at radius 1 is 0.897 bits per heavy atom. The summed E-state index contributed by atoms with van der Waals surface area (Å²) in [6, 6.07) is 9.88. The molecule has 0 spiro atoms. The molecule has 0 atom stereocenters. The maximum Gasteiger partial charge on any atom is 0.220 e. The summed E-state index contributed by atoms with van der Waals surface area (Å²) in [6.07, 6.45) is 12.3. The van der Waals surface area contributed by atoms with Crippen LogP contribution in [0.3, 0.4) is 0 Å². The van der Waals surface area contributed by atoms with Crippen molar-refractivity contribution in [3.05, 3.63) is 71.7 Å². The zero-order chi connectivity index (χ0) is 21.2. The molecule has 0 saturated heterocycles. The summed E-state index contributed by atoms with van der Waals surface area (Å²) in [4.78, 5) is 34.6. The van der Waals surface area contributed by atoms with Gasteiger partial charge in [0.05, 0.1) is 0 Å². The van der Waals surface area contributed by atoms with E-state index in [1.807, 2.05) is 30.3 Å². The van der Waals surface area contributed by atoms with E-state index in [-0.39, 0.29) is 17.5 Å². The molecule has 0 heterocycles. The van der Waals surface area contributed by atoms with Crippen LogP contribution in [-0.4, -0.2) is 17.5 Å². The first-order valence-corrected chi connectivity index (χ1v) is 10.3. The van der Waals surface area contributed by atoms with E-state index >= 15 is 0 Å². The zero-order valence-corrected chi connectivity index (χ0v) is 17.3. The van der Waals surface area contributed by atoms with Gasteiger partial charge < -0.3 is 5.32 Å². The van der Waals surface area contributed by atoms with E-state index in [9.17, 15) is 14.4 Å². The lowest BCUT2D eigenvalue weighted by atomic mass is 10.1. The van der Waals surface area contributed by atoms with Gasteiger partial charge in [-0.15, -0.1) is 0 Å². The molecule has 1 amide bonds. The molecule has 4 nitrogen and oxygen atoms in total. The van der Waals surface area contributed by atoms with Crippen LogP contribution < -0.4 is 5.32 Å². The van der Waals surface area contributed by atoms with Crippen molar-refractivity contribution < 1.29 is 14.4 Å². The predicted octanol–water partition coefficient (Wildman–Crippen LogP) is 5.00. The molecule has 1 rings (SSSR count). The highest BCUT2D eigenvalue weighted by molar-refractivity contribution is 5.90. The van der Waals surface area contributed by atoms with Gasteiger partial charge in [0.15, 0.2) is 11.6 Å². The second-order valence-corrected chi connectivity index (χ2v) is 6.78. The predicted molar refractivity (Wildman–Crippen MR) is 116 cm³/mol. The number of benzene rings is 1. The molecule has 0 aliphatic rings. The second-order valence-electron chi connectivity index (χ2n) is 6.78. The number of allylic oxidation sites excluding steroid dienone is 4. The third kappa shape index (κ3) is 13.8. The number of amides is 1. The molecule has 0 aliphatic carbocycles. The molecule has 0 bridgehead atoms. The highest BCUT2D eigenvalue weighted by Gasteiger charge is 2.01. The van der Waals surface area contributed by atoms with Gasteiger partial charge in [-0.05, 0) is 30.6 Å². The van der Waals surface area contributed by atoms with E-state index in [1.165, 1.54) is 12.2 Å². The van der Waals surface area contributed by atoms with E-state index in [4.69, 9.17) is 0 Å². The summed E-state index contributed by atoms with van der Waals surface area (Å²) in [5.74, 6) is 0.168. The van der Waals surface area contributed by atoms with Gasteiger partial charge in [-0.2, -0.15) is 0 Å². The Kier molecular flexibility index (Phi) is 13.4. The normalized spacial score (nSPS) is 10.1. The number of nitrogens with one attached hydrogen (secondary N) is 1. The fraction of sp³-hybridized carbons (Fsp3) is 0.400. The van der Waals surface area contributed by atoms with E-state index in [0.717, 1.165) is 37.7 Å². The molecule has 0 unspecified atom stereocenters. The molecule has 0 saturated carbocycles. The Morgan fingerprint density at radius 3 is 2.31 bits per heavy atom. The minimum absolute atomic E-state index is 0.00114. The lowest BCUT2D eigenvalue weighted by molar-refractivity contribution is -0.121. The van der Waals surface area contributed by atoms with Crippen molar-refractivity contribution >= 4 is 17.5 Å². The molecule has 0 aromatic heterocycles. The minimum atomic E-state index is -0.00114. The number of rotatable bonds is 14. The monoisotopic (exact) mass is 393 g/mol. The zero-order valence-electron chi connectivity index (χ0n) is 17.3. The standard InChI is InChI=1S/C25H31NO3/c1-2-23(27)17-11-6-7-13-19-24(28)18-12-4-3-5-14-20-25(29)26-21-22-15-9-8-10-16-22/h7-10,13,15-17,19H,2-5,12,14,18,20-21H2,1H3,(H,26,29)/b17-7?,19-13+. The highest BCUT2D eigenvalue weighted by Crippen LogP contribution is 2.08. The molecule has 0 aliphatic heterocycles. The van der Waals surface area contributed by atoms with Gasteiger partial charge >= 0.3 is 0 Å². The van der Waals surface area contributed by atoms with Crippen LogP contribution in [0, 0.1) is 0 Å². The quantitative estimate of drug-likeness (QED) is 0.209. The first-order chi connectivity index (χ1) is 14.1. The van der Waals surface area contributed by atoms with Crippen LogP contribution in [0.2, 0.25) is 0 Å². The van der Waals surface area contributed by atoms with E-state index < -0.39 is 0 Å². The Bertz CT molecular complexity index is 765. The van der Waals surface area contributed by atoms with Gasteiger partial charge in [0, 0.05) is 31.9 Å². The average molecular weight is 394 g/mol. The van der Waals surface area contributed by atoms with Crippen molar-refractivity contribution in [3.63, 3.8) is 0 Å². The lowest BCUT2D eigenvalue weighted by Crippen LogP contribution is -2.22. The molecule has 0 radical (unpaired) electrons. The van der Waals surface area contributed by atoms with Crippen molar-refractivity contribution in [2.45, 2.75) is 64.8 Å². The second kappa shape index (κ2) is 16.1. The maximum atomic E-state index is 11.8. The van der Waals surface area contributed by atoms with Crippen LogP contribution in [0.1, 0.15) is 63.9 Å². The van der Waals surface area contributed by atoms with Crippen LogP contribution in [0.5, 0.6) is 0 Å². The first-order valence-electron chi connectivity index (χ1n) is 10.3. The molecule has 0 fully saturated rings. The molecule has 154 valence electrons. The Balaban J connectivity index is 2.03. The maximum absolute atomic E-state index is 11.8. The lowest BCUT2D eigenvalue weighted by Gasteiger charge is -2.05. The molecular formula is C25H31NO3. The smallest absolute Gasteiger partial charge is 0.220 e. The molecule has 4 heteroatoms. The molecule has 1 N–H and O–H groups in total. The van der Waals surface area contributed by atoms with Gasteiger partial charge in [0.25, 0.3) is 0 Å². The molecular weight excluding hydrogens is 362 g/mol. The Labute approximate surface area is 174 Å². The number of ketones is 2. The van der Waals surface area contributed by atoms with E-state index in [1.54, 1.807) is 19.1 Å². The number of hydrogen-bond acceptors (Lipinski definition) is 3. The van der Waals surface area contributed by atoms with Gasteiger partial charge in [0.1, 0.15) is 0 Å². The van der Waals surface area contributed by atoms with Gasteiger partial charge in [-0.1, -0.05) is 74.1 Å². The molecule has 1 aromatic rings. The molecule has 1 aromatic carbocycles. The van der Waals surface area contributed by atoms with Gasteiger partial charge in [-0.3, -0.25) is 14.4 Å². The van der Waals surface area contributed by atoms with E-state index in [0.29, 0.717) is 25.8 Å². The highest BCUT2D eigenvalue weighted by atomic mass is 16.1. The van der Waals surface area contributed by atoms with Crippen molar-refractivity contribution in [2.75, 3.05) is 0 Å². The minimum Gasteiger partial charge on any atom is -0.352 e. The van der Waals surface area contributed by atoms with Crippen molar-refractivity contribution in [3.8, 4) is 0 Å². The van der Waals surface area contributed by atoms with Crippen LogP contribution in [0.15, 0.2) is 66.1 Å². The Hall–Kier alpha value is -2.93. The summed E-state index contributed by atoms with van der Waals surface area (Å²) in [6.45, 7) is 2.36. The fourth-order valence-corrected chi connectivity index (χ4v) is 2.56. The number of carbonyl (C=O) groups is 3. The van der Waals surface area contributed by atoms with Gasteiger partial charge in [0.2, 0.25) is 5.91 Å². The van der Waals surface area contributed by atoms with Gasteiger partial charge in [-0.25, -0.2) is 0 Å². The number of hydrogen-bond donors (Lipinski definition) is 1. The van der Waals surface area contributed by atoms with E-state index in [2.05, 4.69) is 16.8 Å². The summed E-state index contributed by atoms with van der Waals surface area (Å²) in [5, 5.41) is 2.93. The summed E-state index contributed by atoms with van der Waals surface area (Å²) < 4.78 is 0. The third-order valence-corrected chi connectivity index (χ3v) is 4.29. The fourth-order valence-electron chi connectivity index (χ4n) is 2.56. The summed E-state index contributed by atoms with van der Waals surface area (Å²) in [7, 11) is 0. The first kappa shape index (κ1) is 24.1. The van der Waals surface area contributed by atoms with Crippen LogP contribution in [0.25, 0.3) is 0 Å². The average Bonchev–Trinajstić information content (AvgIpc) is 2.74. The Morgan fingerprint density at radius 2 is 1.59 bits per heavy atom. The van der Waals surface area contributed by atoms with Crippen molar-refractivity contribution in [1.29, 1.82) is 0 Å². The number of unbranched alkanes of at least 4 members (excludes halogenated alkanes) is 4. The topological polar surface area (TPSA) is 63.2 Å². The third-order valence-electron chi connectivity index (χ3n) is 4.29. The van der Waals surface area contributed by atoms with Crippen LogP contribution >= 0.6 is 0 Å². The molecule has 29 heavy (non-hydrogen) atoms. The van der Waals surface area contributed by atoms with Crippen LogP contribution in [-0.2, 0) is 20.9 Å². The van der Waals surface area contributed by atoms with Crippen molar-refractivity contribution in [2.24, 2.45) is 0 Å². The van der Waals surface area contributed by atoms with Crippen molar-refractivity contribution in [1.82, 2.24) is 5.32 Å². The van der Waals surface area contributed by atoms with Crippen LogP contribution in [0.4, 0.5) is 0 Å². The SMILES string of the molecule is CCC(=O)C=C=C=C/C=C/C(=O)CCCCCCCC(=O)NCc1ccccc1.